The predicted molar refractivity (Wildman–Crippen MR) is 214 cm³/mol. The van der Waals surface area contributed by atoms with E-state index in [2.05, 4.69) is 58.0 Å². The van der Waals surface area contributed by atoms with Crippen LogP contribution in [0.15, 0.2) is 48.6 Å². The highest BCUT2D eigenvalue weighted by atomic mass is 32.1. The molecular formula is C38H51F3N8O2S2. The van der Waals surface area contributed by atoms with Crippen LogP contribution in [0.1, 0.15) is 30.7 Å². The van der Waals surface area contributed by atoms with E-state index < -0.39 is 18.1 Å². The molecule has 4 aliphatic heterocycles. The number of ether oxygens (including phenoxy) is 1. The zero-order chi connectivity index (χ0) is 35.0. The molecular weight excluding hydrogens is 722 g/mol. The normalized spacial score (nSPS) is 21.6. The number of fused-ring (bicyclic) bond motifs is 2. The van der Waals surface area contributed by atoms with Crippen molar-refractivity contribution in [1.29, 1.82) is 0 Å². The number of nitrogens with zero attached hydrogens (tertiary/aromatic N) is 8. The molecule has 3 fully saturated rings. The lowest BCUT2D eigenvalue weighted by molar-refractivity contribution is -0.128. The molecule has 1 aromatic heterocycles. The zero-order valence-electron chi connectivity index (χ0n) is 29.6. The average molecular weight is 773 g/mol. The van der Waals surface area contributed by atoms with E-state index in [0.717, 1.165) is 23.5 Å². The number of hydrogen-bond acceptors (Lipinski definition) is 8. The molecule has 0 bridgehead atoms. The molecule has 5 heterocycles. The number of benzene rings is 2. The van der Waals surface area contributed by atoms with Crippen molar-refractivity contribution in [1.82, 2.24) is 24.7 Å². The van der Waals surface area contributed by atoms with Gasteiger partial charge in [0, 0.05) is 81.0 Å². The molecule has 10 nitrogen and oxygen atoms in total. The Morgan fingerprint density at radius 1 is 1.06 bits per heavy atom. The predicted octanol–water partition coefficient (Wildman–Crippen LogP) is 5.23. The lowest BCUT2D eigenvalue weighted by Gasteiger charge is -2.41. The van der Waals surface area contributed by atoms with Crippen LogP contribution in [0, 0.1) is 13.5 Å². The summed E-state index contributed by atoms with van der Waals surface area (Å²) in [6.07, 6.45) is 2.89. The van der Waals surface area contributed by atoms with Gasteiger partial charge in [0.2, 0.25) is 12.5 Å². The first kappa shape index (κ1) is 42.0. The third-order valence-electron chi connectivity index (χ3n) is 10.4. The highest BCUT2D eigenvalue weighted by Crippen LogP contribution is 2.36. The number of aryl methyl sites for hydroxylation is 1. The fraction of sp³-hybridized carbons (Fsp3) is 0.526. The number of piperazine rings is 1. The second-order valence-electron chi connectivity index (χ2n) is 14.0. The maximum atomic E-state index is 14.2. The molecule has 15 heteroatoms. The number of hydrogen-bond donors (Lipinski definition) is 0. The number of rotatable bonds is 9. The van der Waals surface area contributed by atoms with Gasteiger partial charge in [0.1, 0.15) is 24.6 Å². The lowest BCUT2D eigenvalue weighted by Crippen LogP contribution is -2.56. The Bertz CT molecular complexity index is 1820. The molecule has 1 amide bonds. The summed E-state index contributed by atoms with van der Waals surface area (Å²) < 4.78 is 47.6. The molecule has 0 N–H and O–H groups in total. The molecule has 3 saturated heterocycles. The first-order valence-electron chi connectivity index (χ1n) is 17.3. The Labute approximate surface area is 324 Å². The summed E-state index contributed by atoms with van der Waals surface area (Å²) in [5, 5.41) is 2.36. The van der Waals surface area contributed by atoms with Gasteiger partial charge in [0.05, 0.1) is 18.8 Å². The molecule has 2 atom stereocenters. The van der Waals surface area contributed by atoms with Gasteiger partial charge in [-0.1, -0.05) is 43.8 Å². The smallest absolute Gasteiger partial charge is 0.318 e. The number of carbonyl (C=O) groups excluding carboxylic acids is 1. The number of anilines is 2. The molecule has 3 aromatic rings. The molecule has 53 heavy (non-hydrogen) atoms. The number of aromatic nitrogens is 2. The lowest BCUT2D eigenvalue weighted by atomic mass is 9.99. The minimum absolute atomic E-state index is 0. The number of likely N-dealkylation sites (tertiary alicyclic amines) is 2. The van der Waals surface area contributed by atoms with Crippen LogP contribution in [-0.2, 0) is 17.8 Å². The molecule has 0 unspecified atom stereocenters. The second-order valence-corrected chi connectivity index (χ2v) is 14.0. The van der Waals surface area contributed by atoms with E-state index in [1.807, 2.05) is 4.90 Å². The highest BCUT2D eigenvalue weighted by molar-refractivity contribution is 7.59. The van der Waals surface area contributed by atoms with Crippen LogP contribution in [0.5, 0.6) is 6.01 Å². The van der Waals surface area contributed by atoms with Gasteiger partial charge < -0.3 is 24.3 Å². The summed E-state index contributed by atoms with van der Waals surface area (Å²) in [5.41, 5.74) is 4.13. The fourth-order valence-electron chi connectivity index (χ4n) is 7.76. The average Bonchev–Trinajstić information content (AvgIpc) is 3.36. The summed E-state index contributed by atoms with van der Waals surface area (Å²) in [6, 6.07) is 11.9. The van der Waals surface area contributed by atoms with E-state index in [9.17, 15) is 18.0 Å². The molecule has 4 aliphatic rings. The van der Waals surface area contributed by atoms with Crippen molar-refractivity contribution in [2.24, 2.45) is 0 Å². The van der Waals surface area contributed by atoms with Crippen LogP contribution in [0.3, 0.4) is 0 Å². The molecule has 0 aliphatic carbocycles. The van der Waals surface area contributed by atoms with Crippen LogP contribution >= 0.6 is 27.0 Å². The summed E-state index contributed by atoms with van der Waals surface area (Å²) in [7, 11) is 1.68. The maximum absolute atomic E-state index is 14.2. The number of halogens is 3. The molecule has 288 valence electrons. The van der Waals surface area contributed by atoms with Crippen LogP contribution in [-0.4, -0.2) is 127 Å². The second kappa shape index (κ2) is 17.6. The number of amides is 1. The van der Waals surface area contributed by atoms with E-state index >= 15 is 0 Å². The van der Waals surface area contributed by atoms with Crippen LogP contribution in [0.2, 0.25) is 0 Å². The standard InChI is InChI=1S/C37H43F3N8O2.CH4.2H2S/c1-25-7-4-8-26-9-5-10-32(34(25)26)46-14-12-30-31(22-46)42-36(50-23-28-17-37(39,40)24-44(28)3)43-35(30)47-15-16-48(29(21-47)18-41-2)33(49)11-6-13-45-19-27(38)20-45;;;/h4-11,27-29H,12-24H2,1,3H3;1H4;2*1H2/b11-6+;;;/t28-,29-;;;/m0.../s1. The summed E-state index contributed by atoms with van der Waals surface area (Å²) in [5.74, 6) is -2.22. The molecule has 0 radical (unpaired) electrons. The number of alkyl halides is 3. The van der Waals surface area contributed by atoms with Gasteiger partial charge in [-0.3, -0.25) is 14.6 Å². The third-order valence-corrected chi connectivity index (χ3v) is 10.4. The van der Waals surface area contributed by atoms with E-state index in [1.54, 1.807) is 22.9 Å². The Hall–Kier alpha value is -3.71. The number of carbonyl (C=O) groups is 1. The molecule has 7 rings (SSSR count). The van der Waals surface area contributed by atoms with E-state index in [0.29, 0.717) is 58.1 Å². The Kier molecular flexibility index (Phi) is 14.0. The maximum Gasteiger partial charge on any atom is 0.318 e. The van der Waals surface area contributed by atoms with E-state index in [1.165, 1.54) is 22.4 Å². The molecule has 0 saturated carbocycles. The van der Waals surface area contributed by atoms with E-state index in [-0.39, 0.29) is 78.5 Å². The summed E-state index contributed by atoms with van der Waals surface area (Å²) in [4.78, 5) is 36.4. The zero-order valence-corrected chi connectivity index (χ0v) is 31.6. The molecule has 0 spiro atoms. The summed E-state index contributed by atoms with van der Waals surface area (Å²) >= 11 is 0. The SMILES string of the molecule is C.S.S.[C-]#[N+]C[C@H]1CN(c2nc(OC[C@@H]3CC(F)(F)CN3C)nc3c2CCN(c2cccc4cccc(C)c24)C3)CCN1C(=O)/C=C/CN1CC(F)C1. The van der Waals surface area contributed by atoms with Crippen molar-refractivity contribution < 1.29 is 22.7 Å². The minimum Gasteiger partial charge on any atom is -0.462 e. The topological polar surface area (TPSA) is 72.6 Å². The van der Waals surface area contributed by atoms with Gasteiger partial charge in [-0.2, -0.15) is 37.0 Å². The Balaban J connectivity index is 0.00000209. The van der Waals surface area contributed by atoms with Crippen molar-refractivity contribution in [3.05, 3.63) is 76.8 Å². The molecule has 2 aromatic carbocycles. The van der Waals surface area contributed by atoms with Gasteiger partial charge in [0.15, 0.2) is 0 Å². The van der Waals surface area contributed by atoms with Gasteiger partial charge in [-0.15, -0.1) is 0 Å². The highest BCUT2D eigenvalue weighted by Gasteiger charge is 2.43. The Morgan fingerprint density at radius 2 is 1.81 bits per heavy atom. The first-order valence-corrected chi connectivity index (χ1v) is 17.3. The van der Waals surface area contributed by atoms with Crippen LogP contribution in [0.25, 0.3) is 15.6 Å². The van der Waals surface area contributed by atoms with Crippen LogP contribution < -0.4 is 14.5 Å². The van der Waals surface area contributed by atoms with E-state index in [4.69, 9.17) is 21.3 Å². The van der Waals surface area contributed by atoms with Gasteiger partial charge in [-0.05, 0) is 37.4 Å². The van der Waals surface area contributed by atoms with Crippen molar-refractivity contribution in [3.8, 4) is 6.01 Å². The first-order chi connectivity index (χ1) is 24.1. The largest absolute Gasteiger partial charge is 0.462 e. The van der Waals surface area contributed by atoms with Gasteiger partial charge in [0.25, 0.3) is 5.92 Å². The van der Waals surface area contributed by atoms with Crippen molar-refractivity contribution in [3.63, 3.8) is 0 Å². The minimum atomic E-state index is -2.77. The van der Waals surface area contributed by atoms with Gasteiger partial charge >= 0.3 is 6.01 Å². The van der Waals surface area contributed by atoms with Crippen molar-refractivity contribution in [2.75, 3.05) is 82.4 Å². The van der Waals surface area contributed by atoms with Crippen molar-refractivity contribution >= 4 is 55.2 Å². The van der Waals surface area contributed by atoms with Gasteiger partial charge in [-0.25, -0.2) is 19.7 Å². The third kappa shape index (κ3) is 9.16. The van der Waals surface area contributed by atoms with Crippen LogP contribution in [0.4, 0.5) is 24.7 Å². The monoisotopic (exact) mass is 772 g/mol. The number of likely N-dealkylation sites (N-methyl/N-ethyl adjacent to an activating group) is 1. The quantitative estimate of drug-likeness (QED) is 0.217. The van der Waals surface area contributed by atoms with Crippen molar-refractivity contribution in [2.45, 2.75) is 57.9 Å². The summed E-state index contributed by atoms with van der Waals surface area (Å²) in [6.45, 7) is 13.5. The Morgan fingerprint density at radius 3 is 2.51 bits per heavy atom. The fourth-order valence-corrected chi connectivity index (χ4v) is 7.76.